The number of H-pyrrole nitrogens is 1. The summed E-state index contributed by atoms with van der Waals surface area (Å²) < 4.78 is 0.827. The third-order valence-electron chi connectivity index (χ3n) is 2.15. The van der Waals surface area contributed by atoms with Crippen molar-refractivity contribution in [3.8, 4) is 0 Å². The zero-order chi connectivity index (χ0) is 11.9. The van der Waals surface area contributed by atoms with Gasteiger partial charge < -0.3 is 0 Å². The van der Waals surface area contributed by atoms with Crippen molar-refractivity contribution in [2.75, 3.05) is 0 Å². The minimum Gasteiger partial charge on any atom is -0.291 e. The number of aromatic nitrogens is 3. The Balaban J connectivity index is 2.94. The number of hydrogen-bond donors (Lipinski definition) is 1. The van der Waals surface area contributed by atoms with Crippen LogP contribution in [0.4, 0.5) is 5.69 Å². The molecule has 16 heavy (non-hydrogen) atoms. The first-order valence-corrected chi connectivity index (χ1v) is 4.24. The first-order chi connectivity index (χ1) is 7.50. The molecule has 2 heterocycles. The summed E-state index contributed by atoms with van der Waals surface area (Å²) in [6.45, 7) is 0. The van der Waals surface area contributed by atoms with Gasteiger partial charge in [-0.3, -0.25) is 24.5 Å². The molecule has 1 N–H and O–H groups in total. The van der Waals surface area contributed by atoms with Crippen LogP contribution in [-0.2, 0) is 7.05 Å². The summed E-state index contributed by atoms with van der Waals surface area (Å²) in [5, 5.41) is 10.5. The smallest absolute Gasteiger partial charge is 0.291 e. The predicted octanol–water partition coefficient (Wildman–Crippen LogP) is -0.470. The summed E-state index contributed by atoms with van der Waals surface area (Å²) in [5.41, 5.74) is -1.48. The van der Waals surface area contributed by atoms with E-state index in [1.165, 1.54) is 7.05 Å². The number of nitro groups is 1. The summed E-state index contributed by atoms with van der Waals surface area (Å²) >= 11 is 0. The van der Waals surface area contributed by atoms with E-state index in [1.807, 2.05) is 0 Å². The Morgan fingerprint density at radius 1 is 1.50 bits per heavy atom. The van der Waals surface area contributed by atoms with Gasteiger partial charge >= 0.3 is 5.69 Å². The topological polar surface area (TPSA) is 111 Å². The number of hydrogen-bond acceptors (Lipinski definition) is 5. The quantitative estimate of drug-likeness (QED) is 0.517. The maximum atomic E-state index is 11.6. The van der Waals surface area contributed by atoms with E-state index in [9.17, 15) is 19.7 Å². The summed E-state index contributed by atoms with van der Waals surface area (Å²) in [5.74, 6) is 0. The van der Waals surface area contributed by atoms with Crippen LogP contribution in [0.3, 0.4) is 0 Å². The van der Waals surface area contributed by atoms with Crippen LogP contribution >= 0.6 is 0 Å². The number of nitrogens with one attached hydrogen (secondary N) is 1. The number of pyridine rings is 1. The van der Waals surface area contributed by atoms with Crippen molar-refractivity contribution in [1.82, 2.24) is 14.5 Å². The van der Waals surface area contributed by atoms with Gasteiger partial charge in [-0.2, -0.15) is 0 Å². The van der Waals surface area contributed by atoms with E-state index in [0.717, 1.165) is 16.8 Å². The molecule has 0 aliphatic carbocycles. The SMILES string of the molecule is Cn1c(=O)[nH]c2ncc([N+](=O)[O-])cc2c1=O. The molecule has 0 radical (unpaired) electrons. The summed E-state index contributed by atoms with van der Waals surface area (Å²) in [6.07, 6.45) is 0.984. The molecular weight excluding hydrogens is 216 g/mol. The highest BCUT2D eigenvalue weighted by Gasteiger charge is 2.11. The van der Waals surface area contributed by atoms with Crippen molar-refractivity contribution in [3.05, 3.63) is 43.2 Å². The molecule has 0 aliphatic rings. The fraction of sp³-hybridized carbons (Fsp3) is 0.125. The first-order valence-electron chi connectivity index (χ1n) is 4.24. The minimum absolute atomic E-state index is 0.0105. The van der Waals surface area contributed by atoms with Gasteiger partial charge in [-0.25, -0.2) is 9.78 Å². The predicted molar refractivity (Wildman–Crippen MR) is 54.3 cm³/mol. The zero-order valence-corrected chi connectivity index (χ0v) is 8.13. The Morgan fingerprint density at radius 3 is 2.81 bits per heavy atom. The molecule has 0 amide bonds. The largest absolute Gasteiger partial charge is 0.329 e. The van der Waals surface area contributed by atoms with Crippen LogP contribution in [0.5, 0.6) is 0 Å². The molecule has 8 heteroatoms. The first kappa shape index (κ1) is 10.0. The molecular formula is C8H6N4O4. The molecule has 0 fully saturated rings. The van der Waals surface area contributed by atoms with Gasteiger partial charge in [0.25, 0.3) is 11.2 Å². The number of fused-ring (bicyclic) bond motifs is 1. The van der Waals surface area contributed by atoms with Crippen LogP contribution in [0.15, 0.2) is 21.9 Å². The van der Waals surface area contributed by atoms with Crippen molar-refractivity contribution in [3.63, 3.8) is 0 Å². The molecule has 2 aromatic rings. The average Bonchev–Trinajstić information content (AvgIpc) is 2.25. The Bertz CT molecular complexity index is 699. The van der Waals surface area contributed by atoms with Crippen molar-refractivity contribution < 1.29 is 4.92 Å². The van der Waals surface area contributed by atoms with Crippen LogP contribution in [0.2, 0.25) is 0 Å². The van der Waals surface area contributed by atoms with E-state index < -0.39 is 16.2 Å². The van der Waals surface area contributed by atoms with E-state index in [1.54, 1.807) is 0 Å². The van der Waals surface area contributed by atoms with Gasteiger partial charge in [0.1, 0.15) is 11.8 Å². The second kappa shape index (κ2) is 3.26. The van der Waals surface area contributed by atoms with Crippen molar-refractivity contribution in [1.29, 1.82) is 0 Å². The molecule has 0 saturated heterocycles. The molecule has 2 aromatic heterocycles. The highest BCUT2D eigenvalue weighted by atomic mass is 16.6. The van der Waals surface area contributed by atoms with Gasteiger partial charge in [0.05, 0.1) is 10.3 Å². The van der Waals surface area contributed by atoms with Crippen LogP contribution in [-0.4, -0.2) is 19.5 Å². The molecule has 0 spiro atoms. The maximum Gasteiger partial charge on any atom is 0.329 e. The van der Waals surface area contributed by atoms with Crippen LogP contribution in [0.1, 0.15) is 0 Å². The maximum absolute atomic E-state index is 11.6. The van der Waals surface area contributed by atoms with Gasteiger partial charge in [-0.05, 0) is 0 Å². The van der Waals surface area contributed by atoms with Crippen LogP contribution < -0.4 is 11.2 Å². The third-order valence-corrected chi connectivity index (χ3v) is 2.15. The van der Waals surface area contributed by atoms with Gasteiger partial charge in [-0.15, -0.1) is 0 Å². The second-order valence-electron chi connectivity index (χ2n) is 3.14. The van der Waals surface area contributed by atoms with Gasteiger partial charge in [0.2, 0.25) is 0 Å². The second-order valence-corrected chi connectivity index (χ2v) is 3.14. The monoisotopic (exact) mass is 222 g/mol. The van der Waals surface area contributed by atoms with Crippen LogP contribution in [0, 0.1) is 10.1 Å². The van der Waals surface area contributed by atoms with Crippen molar-refractivity contribution in [2.24, 2.45) is 7.05 Å². The lowest BCUT2D eigenvalue weighted by atomic mass is 10.3. The summed E-state index contributed by atoms with van der Waals surface area (Å²) in [7, 11) is 1.28. The lowest BCUT2D eigenvalue weighted by Crippen LogP contribution is -2.32. The molecule has 0 saturated carbocycles. The highest BCUT2D eigenvalue weighted by molar-refractivity contribution is 5.75. The van der Waals surface area contributed by atoms with Crippen molar-refractivity contribution in [2.45, 2.75) is 0 Å². The van der Waals surface area contributed by atoms with E-state index in [4.69, 9.17) is 0 Å². The summed E-state index contributed by atoms with van der Waals surface area (Å²) in [6, 6.07) is 1.08. The fourth-order valence-corrected chi connectivity index (χ4v) is 1.27. The van der Waals surface area contributed by atoms with Gasteiger partial charge in [0.15, 0.2) is 0 Å². The number of nitrogens with zero attached hydrogens (tertiary/aromatic N) is 3. The molecule has 0 atom stereocenters. The third kappa shape index (κ3) is 1.36. The number of rotatable bonds is 1. The Kier molecular flexibility index (Phi) is 2.04. The zero-order valence-electron chi connectivity index (χ0n) is 8.13. The van der Waals surface area contributed by atoms with E-state index in [0.29, 0.717) is 0 Å². The molecule has 0 aliphatic heterocycles. The average molecular weight is 222 g/mol. The Hall–Kier alpha value is -2.51. The fourth-order valence-electron chi connectivity index (χ4n) is 1.27. The normalized spacial score (nSPS) is 10.6. The highest BCUT2D eigenvalue weighted by Crippen LogP contribution is 2.12. The Morgan fingerprint density at radius 2 is 2.19 bits per heavy atom. The van der Waals surface area contributed by atoms with Gasteiger partial charge in [0, 0.05) is 13.1 Å². The lowest BCUT2D eigenvalue weighted by Gasteiger charge is -1.99. The molecule has 8 nitrogen and oxygen atoms in total. The molecule has 0 unspecified atom stereocenters. The lowest BCUT2D eigenvalue weighted by molar-refractivity contribution is -0.385. The minimum atomic E-state index is -0.656. The van der Waals surface area contributed by atoms with Crippen molar-refractivity contribution >= 4 is 16.7 Å². The molecule has 82 valence electrons. The molecule has 0 bridgehead atoms. The molecule has 2 rings (SSSR count). The standard InChI is InChI=1S/C8H6N4O4/c1-11-7(13)5-2-4(12(15)16)3-9-6(5)10-8(11)14/h2-3H,1H3,(H,9,10,14). The molecule has 0 aromatic carbocycles. The van der Waals surface area contributed by atoms with E-state index in [-0.39, 0.29) is 16.7 Å². The Labute approximate surface area is 87.3 Å². The van der Waals surface area contributed by atoms with E-state index >= 15 is 0 Å². The van der Waals surface area contributed by atoms with Gasteiger partial charge in [-0.1, -0.05) is 0 Å². The van der Waals surface area contributed by atoms with E-state index in [2.05, 4.69) is 9.97 Å². The summed E-state index contributed by atoms with van der Waals surface area (Å²) in [4.78, 5) is 38.6. The van der Waals surface area contributed by atoms with Crippen LogP contribution in [0.25, 0.3) is 11.0 Å². The number of aromatic amines is 1.